The van der Waals surface area contributed by atoms with Crippen LogP contribution in [0.4, 0.5) is 0 Å². The van der Waals surface area contributed by atoms with Crippen molar-refractivity contribution in [3.63, 3.8) is 0 Å². The zero-order chi connectivity index (χ0) is 15.7. The molecule has 0 unspecified atom stereocenters. The second kappa shape index (κ2) is 5.84. The number of nitriles is 1. The summed E-state index contributed by atoms with van der Waals surface area (Å²) >= 11 is 0. The highest BCUT2D eigenvalue weighted by Gasteiger charge is 2.35. The van der Waals surface area contributed by atoms with Gasteiger partial charge in [-0.1, -0.05) is 0 Å². The Balaban J connectivity index is 1.95. The van der Waals surface area contributed by atoms with Crippen molar-refractivity contribution in [2.24, 2.45) is 0 Å². The van der Waals surface area contributed by atoms with Crippen LogP contribution >= 0.6 is 0 Å². The van der Waals surface area contributed by atoms with Gasteiger partial charge in [-0.05, 0) is 0 Å². The van der Waals surface area contributed by atoms with E-state index in [1.807, 2.05) is 6.07 Å². The Kier molecular flexibility index (Phi) is 3.89. The molecule has 0 amide bonds. The Morgan fingerprint density at radius 3 is 2.95 bits per heavy atom. The highest BCUT2D eigenvalue weighted by Crippen LogP contribution is 2.29. The summed E-state index contributed by atoms with van der Waals surface area (Å²) in [5.74, 6) is 0. The summed E-state index contributed by atoms with van der Waals surface area (Å²) in [5.41, 5.74) is 0.219. The fourth-order valence-corrected chi connectivity index (χ4v) is 2.54. The molecule has 2 N–H and O–H groups in total. The number of imidazole rings is 1. The summed E-state index contributed by atoms with van der Waals surface area (Å²) in [5, 5.41) is 27.5. The lowest BCUT2D eigenvalue weighted by Crippen LogP contribution is -2.24. The molecule has 22 heavy (non-hydrogen) atoms. The van der Waals surface area contributed by atoms with Gasteiger partial charge in [0.2, 0.25) is 0 Å². The van der Waals surface area contributed by atoms with Crippen LogP contribution in [0.5, 0.6) is 0 Å². The average Bonchev–Trinajstić information content (AvgIpc) is 3.10. The van der Waals surface area contributed by atoms with Crippen LogP contribution in [0.1, 0.15) is 19.1 Å². The van der Waals surface area contributed by atoms with E-state index in [4.69, 9.17) is 15.1 Å². The van der Waals surface area contributed by atoms with E-state index >= 15 is 0 Å². The molecule has 1 aliphatic rings. The van der Waals surface area contributed by atoms with Gasteiger partial charge in [0.25, 0.3) is 5.56 Å². The number of fused-ring (bicyclic) bond motifs is 1. The van der Waals surface area contributed by atoms with Crippen molar-refractivity contribution in [3.8, 4) is 6.07 Å². The van der Waals surface area contributed by atoms with Gasteiger partial charge in [0.05, 0.1) is 31.5 Å². The van der Waals surface area contributed by atoms with Crippen LogP contribution in [0, 0.1) is 11.3 Å². The number of nitrogens with zero attached hydrogens (tertiary/aromatic N) is 5. The number of aliphatic hydroxyl groups excluding tert-OH is 2. The number of aryl methyl sites for hydroxylation is 1. The van der Waals surface area contributed by atoms with Crippen LogP contribution in [0.3, 0.4) is 0 Å². The summed E-state index contributed by atoms with van der Waals surface area (Å²) in [4.78, 5) is 20.5. The third kappa shape index (κ3) is 2.37. The smallest absolute Gasteiger partial charge is 0.281 e. The molecule has 1 fully saturated rings. The highest BCUT2D eigenvalue weighted by molar-refractivity contribution is 5.69. The highest BCUT2D eigenvalue weighted by atomic mass is 16.5. The van der Waals surface area contributed by atoms with E-state index in [9.17, 15) is 9.90 Å². The molecule has 3 rings (SSSR count). The third-order valence-electron chi connectivity index (χ3n) is 3.71. The summed E-state index contributed by atoms with van der Waals surface area (Å²) < 4.78 is 8.45. The Labute approximate surface area is 125 Å². The average molecular weight is 305 g/mol. The van der Waals surface area contributed by atoms with Gasteiger partial charge in [0.1, 0.15) is 18.7 Å². The first-order chi connectivity index (χ1) is 10.7. The Hall–Kier alpha value is -2.28. The lowest BCUT2D eigenvalue weighted by atomic mass is 10.2. The molecule has 1 aliphatic heterocycles. The first-order valence-corrected chi connectivity index (χ1v) is 6.89. The number of hydrogen-bond acceptors (Lipinski definition) is 7. The summed E-state index contributed by atoms with van der Waals surface area (Å²) in [7, 11) is 0. The van der Waals surface area contributed by atoms with Crippen molar-refractivity contribution in [1.82, 2.24) is 19.1 Å². The minimum atomic E-state index is -0.775. The summed E-state index contributed by atoms with van der Waals surface area (Å²) in [6, 6.07) is 1.97. The second-order valence-corrected chi connectivity index (χ2v) is 5.09. The predicted octanol–water partition coefficient (Wildman–Crippen LogP) is -0.853. The Bertz CT molecular complexity index is 777. The lowest BCUT2D eigenvalue weighted by molar-refractivity contribution is -0.0432. The molecular weight excluding hydrogens is 290 g/mol. The van der Waals surface area contributed by atoms with E-state index in [1.165, 1.54) is 17.2 Å². The van der Waals surface area contributed by atoms with Gasteiger partial charge in [0.15, 0.2) is 11.2 Å². The van der Waals surface area contributed by atoms with E-state index in [1.54, 1.807) is 4.57 Å². The van der Waals surface area contributed by atoms with Gasteiger partial charge < -0.3 is 14.9 Å². The van der Waals surface area contributed by atoms with E-state index in [0.717, 1.165) is 0 Å². The zero-order valence-electron chi connectivity index (χ0n) is 11.7. The van der Waals surface area contributed by atoms with Gasteiger partial charge in [-0.3, -0.25) is 13.9 Å². The Morgan fingerprint density at radius 1 is 1.45 bits per heavy atom. The second-order valence-electron chi connectivity index (χ2n) is 5.09. The minimum absolute atomic E-state index is 0.186. The van der Waals surface area contributed by atoms with Crippen LogP contribution in [0.25, 0.3) is 11.2 Å². The van der Waals surface area contributed by atoms with Crippen molar-refractivity contribution in [2.75, 3.05) is 6.61 Å². The fraction of sp³-hybridized carbons (Fsp3) is 0.538. The molecule has 3 heterocycles. The van der Waals surface area contributed by atoms with Crippen molar-refractivity contribution in [1.29, 1.82) is 5.26 Å². The van der Waals surface area contributed by atoms with Crippen LogP contribution < -0.4 is 5.56 Å². The van der Waals surface area contributed by atoms with Crippen molar-refractivity contribution >= 4 is 11.2 Å². The van der Waals surface area contributed by atoms with Crippen LogP contribution in [-0.2, 0) is 11.3 Å². The monoisotopic (exact) mass is 305 g/mol. The van der Waals surface area contributed by atoms with Crippen LogP contribution in [0.15, 0.2) is 17.4 Å². The van der Waals surface area contributed by atoms with Gasteiger partial charge in [0, 0.05) is 13.0 Å². The molecule has 3 atom stereocenters. The number of aliphatic hydroxyl groups is 2. The molecule has 9 nitrogen and oxygen atoms in total. The van der Waals surface area contributed by atoms with E-state index in [-0.39, 0.29) is 37.1 Å². The molecule has 0 saturated carbocycles. The van der Waals surface area contributed by atoms with Crippen molar-refractivity contribution in [2.45, 2.75) is 37.8 Å². The molecule has 0 aromatic carbocycles. The molecule has 0 spiro atoms. The molecule has 0 bridgehead atoms. The number of hydrogen-bond donors (Lipinski definition) is 2. The van der Waals surface area contributed by atoms with Gasteiger partial charge >= 0.3 is 0 Å². The number of aromatic nitrogens is 4. The first-order valence-electron chi connectivity index (χ1n) is 6.89. The van der Waals surface area contributed by atoms with E-state index in [2.05, 4.69) is 9.97 Å². The molecule has 2 aromatic rings. The normalized spacial score (nSPS) is 24.7. The molecule has 116 valence electrons. The molecule has 2 aromatic heterocycles. The summed E-state index contributed by atoms with van der Waals surface area (Å²) in [6.07, 6.45) is 1.35. The quantitative estimate of drug-likeness (QED) is 0.753. The zero-order valence-corrected chi connectivity index (χ0v) is 11.7. The summed E-state index contributed by atoms with van der Waals surface area (Å²) in [6.45, 7) is -0.0188. The standard InChI is InChI=1S/C13H15N5O4/c14-2-1-3-17-6-16-12-11(13(17)21)15-7-18(12)10-4-8(20)9(5-19)22-10/h6-10,19-20H,1,3-5H2/t8-,9+,10+/m1/s1. The molecule has 0 aliphatic carbocycles. The third-order valence-corrected chi connectivity index (χ3v) is 3.71. The van der Waals surface area contributed by atoms with E-state index < -0.39 is 18.4 Å². The topological polar surface area (TPSA) is 126 Å². The van der Waals surface area contributed by atoms with Gasteiger partial charge in [-0.2, -0.15) is 5.26 Å². The maximum atomic E-state index is 12.3. The van der Waals surface area contributed by atoms with Crippen LogP contribution in [0.2, 0.25) is 0 Å². The van der Waals surface area contributed by atoms with Gasteiger partial charge in [-0.15, -0.1) is 0 Å². The van der Waals surface area contributed by atoms with Crippen molar-refractivity contribution < 1.29 is 14.9 Å². The molecule has 1 saturated heterocycles. The fourth-order valence-electron chi connectivity index (χ4n) is 2.54. The number of rotatable bonds is 4. The lowest BCUT2D eigenvalue weighted by Gasteiger charge is -2.13. The molecule has 0 radical (unpaired) electrons. The van der Waals surface area contributed by atoms with E-state index in [0.29, 0.717) is 5.65 Å². The van der Waals surface area contributed by atoms with Crippen molar-refractivity contribution in [3.05, 3.63) is 23.0 Å². The van der Waals surface area contributed by atoms with Crippen LogP contribution in [-0.4, -0.2) is 48.1 Å². The molecule has 9 heteroatoms. The molecular formula is C13H15N5O4. The maximum Gasteiger partial charge on any atom is 0.281 e. The van der Waals surface area contributed by atoms with Gasteiger partial charge in [-0.25, -0.2) is 9.97 Å². The maximum absolute atomic E-state index is 12.3. The first kappa shape index (κ1) is 14.6. The SMILES string of the molecule is N#CCCn1cnc2c(ncn2[C@@H]2C[C@@H](O)[C@H](CO)O2)c1=O. The largest absolute Gasteiger partial charge is 0.394 e. The minimum Gasteiger partial charge on any atom is -0.394 e. The predicted molar refractivity (Wildman–Crippen MR) is 73.6 cm³/mol. The Morgan fingerprint density at radius 2 is 2.27 bits per heavy atom. The number of ether oxygens (including phenoxy) is 1.